The third kappa shape index (κ3) is 3.31. The maximum Gasteiger partial charge on any atom is 0.225 e. The number of halogens is 1. The van der Waals surface area contributed by atoms with Crippen molar-refractivity contribution >= 4 is 11.8 Å². The monoisotopic (exact) mass is 262 g/mol. The zero-order chi connectivity index (χ0) is 13.8. The Kier molecular flexibility index (Phi) is 3.79. The number of nitrogens with two attached hydrogens (primary N) is 1. The summed E-state index contributed by atoms with van der Waals surface area (Å²) in [6, 6.07) is 7.88. The molecule has 0 radical (unpaired) electrons. The van der Waals surface area contributed by atoms with Gasteiger partial charge in [-0.2, -0.15) is 9.97 Å². The molecule has 0 saturated heterocycles. The van der Waals surface area contributed by atoms with Crippen LogP contribution in [0.3, 0.4) is 0 Å². The van der Waals surface area contributed by atoms with Crippen molar-refractivity contribution in [3.63, 3.8) is 0 Å². The van der Waals surface area contributed by atoms with E-state index in [2.05, 4.69) is 15.3 Å². The van der Waals surface area contributed by atoms with Crippen molar-refractivity contribution in [2.24, 2.45) is 0 Å². The van der Waals surface area contributed by atoms with Crippen molar-refractivity contribution in [3.05, 3.63) is 41.7 Å². The first kappa shape index (κ1) is 13.1. The fourth-order valence-corrected chi connectivity index (χ4v) is 1.68. The van der Waals surface area contributed by atoms with E-state index < -0.39 is 0 Å². The summed E-state index contributed by atoms with van der Waals surface area (Å²) in [5.41, 5.74) is 6.52. The molecule has 1 aromatic heterocycles. The Labute approximate surface area is 110 Å². The van der Waals surface area contributed by atoms with Gasteiger partial charge in [0.15, 0.2) is 0 Å². The van der Waals surface area contributed by atoms with Crippen LogP contribution < -0.4 is 15.8 Å². The van der Waals surface area contributed by atoms with Crippen LogP contribution in [-0.4, -0.2) is 17.1 Å². The second kappa shape index (κ2) is 5.51. The molecule has 2 rings (SSSR count). The van der Waals surface area contributed by atoms with Crippen molar-refractivity contribution in [2.75, 3.05) is 18.2 Å². The predicted octanol–water partition coefficient (Wildman–Crippen LogP) is 2.38. The van der Waals surface area contributed by atoms with Crippen LogP contribution in [0, 0.1) is 5.82 Å². The lowest BCUT2D eigenvalue weighted by atomic mass is 10.1. The number of benzene rings is 1. The summed E-state index contributed by atoms with van der Waals surface area (Å²) in [7, 11) is 1.51. The van der Waals surface area contributed by atoms with E-state index in [1.807, 2.05) is 6.92 Å². The predicted molar refractivity (Wildman–Crippen MR) is 71.4 cm³/mol. The number of nitrogens with zero attached hydrogens (tertiary/aromatic N) is 2. The highest BCUT2D eigenvalue weighted by molar-refractivity contribution is 5.44. The number of hydrogen-bond acceptors (Lipinski definition) is 5. The molecule has 0 aliphatic heterocycles. The van der Waals surface area contributed by atoms with Crippen molar-refractivity contribution < 1.29 is 9.13 Å². The molecule has 0 bridgehead atoms. The van der Waals surface area contributed by atoms with Gasteiger partial charge in [-0.05, 0) is 24.6 Å². The zero-order valence-electron chi connectivity index (χ0n) is 10.7. The average molecular weight is 262 g/mol. The Morgan fingerprint density at radius 1 is 1.26 bits per heavy atom. The Morgan fingerprint density at radius 2 is 1.95 bits per heavy atom. The number of nitrogen functional groups attached to an aromatic ring is 1. The van der Waals surface area contributed by atoms with Crippen LogP contribution in [0.4, 0.5) is 16.2 Å². The van der Waals surface area contributed by atoms with E-state index in [9.17, 15) is 4.39 Å². The highest BCUT2D eigenvalue weighted by Crippen LogP contribution is 2.21. The van der Waals surface area contributed by atoms with Crippen LogP contribution in [0.5, 0.6) is 5.88 Å². The molecule has 1 heterocycles. The van der Waals surface area contributed by atoms with E-state index in [4.69, 9.17) is 10.5 Å². The summed E-state index contributed by atoms with van der Waals surface area (Å²) in [5, 5.41) is 3.16. The van der Waals surface area contributed by atoms with Gasteiger partial charge >= 0.3 is 0 Å². The van der Waals surface area contributed by atoms with Crippen molar-refractivity contribution in [2.45, 2.75) is 13.0 Å². The van der Waals surface area contributed by atoms with Crippen LogP contribution >= 0.6 is 0 Å². The number of nitrogens with one attached hydrogen (secondary N) is 1. The first-order chi connectivity index (χ1) is 9.08. The van der Waals surface area contributed by atoms with Crippen LogP contribution in [0.15, 0.2) is 30.3 Å². The normalized spacial score (nSPS) is 11.9. The molecule has 0 spiro atoms. The third-order valence-corrected chi connectivity index (χ3v) is 2.66. The molecule has 0 aliphatic carbocycles. The molecule has 19 heavy (non-hydrogen) atoms. The minimum absolute atomic E-state index is 0.0420. The molecule has 100 valence electrons. The molecule has 0 aliphatic rings. The number of hydrogen-bond donors (Lipinski definition) is 2. The summed E-state index contributed by atoms with van der Waals surface area (Å²) in [4.78, 5) is 7.97. The third-order valence-electron chi connectivity index (χ3n) is 2.66. The van der Waals surface area contributed by atoms with Gasteiger partial charge in [-0.3, -0.25) is 0 Å². The van der Waals surface area contributed by atoms with E-state index >= 15 is 0 Å². The fraction of sp³-hybridized carbons (Fsp3) is 0.231. The Balaban J connectivity index is 2.16. The van der Waals surface area contributed by atoms with Gasteiger partial charge < -0.3 is 15.8 Å². The van der Waals surface area contributed by atoms with Gasteiger partial charge in [-0.1, -0.05) is 12.1 Å². The molecule has 6 heteroatoms. The van der Waals surface area contributed by atoms with E-state index in [0.29, 0.717) is 11.7 Å². The molecule has 1 atom stereocenters. The lowest BCUT2D eigenvalue weighted by Crippen LogP contribution is -2.09. The molecular formula is C13H15FN4O. The quantitative estimate of drug-likeness (QED) is 0.885. The number of ether oxygens (including phenoxy) is 1. The fourth-order valence-electron chi connectivity index (χ4n) is 1.68. The largest absolute Gasteiger partial charge is 0.481 e. The van der Waals surface area contributed by atoms with Gasteiger partial charge in [-0.15, -0.1) is 0 Å². The van der Waals surface area contributed by atoms with Gasteiger partial charge in [0.25, 0.3) is 0 Å². The molecule has 2 aromatic rings. The minimum Gasteiger partial charge on any atom is -0.481 e. The molecule has 1 unspecified atom stereocenters. The number of anilines is 2. The molecule has 0 fully saturated rings. The molecular weight excluding hydrogens is 247 g/mol. The SMILES string of the molecule is COc1cc(NC(C)c2ccc(F)cc2)nc(N)n1. The maximum atomic E-state index is 12.9. The van der Waals surface area contributed by atoms with Crippen LogP contribution in [0.1, 0.15) is 18.5 Å². The van der Waals surface area contributed by atoms with Crippen LogP contribution in [-0.2, 0) is 0 Å². The summed E-state index contributed by atoms with van der Waals surface area (Å²) in [5.74, 6) is 0.819. The van der Waals surface area contributed by atoms with E-state index in [-0.39, 0.29) is 17.8 Å². The smallest absolute Gasteiger partial charge is 0.225 e. The summed E-state index contributed by atoms with van der Waals surface area (Å²) >= 11 is 0. The molecule has 3 N–H and O–H groups in total. The topological polar surface area (TPSA) is 73.1 Å². The van der Waals surface area contributed by atoms with Gasteiger partial charge in [0.05, 0.1) is 7.11 Å². The van der Waals surface area contributed by atoms with Crippen LogP contribution in [0.2, 0.25) is 0 Å². The second-order valence-electron chi connectivity index (χ2n) is 4.07. The lowest BCUT2D eigenvalue weighted by Gasteiger charge is -2.15. The summed E-state index contributed by atoms with van der Waals surface area (Å²) < 4.78 is 17.9. The minimum atomic E-state index is -0.260. The molecule has 0 amide bonds. The molecule has 0 saturated carbocycles. The number of aromatic nitrogens is 2. The van der Waals surface area contributed by atoms with E-state index in [1.54, 1.807) is 18.2 Å². The second-order valence-corrected chi connectivity index (χ2v) is 4.07. The molecule has 5 nitrogen and oxygen atoms in total. The van der Waals surface area contributed by atoms with Gasteiger partial charge in [0.2, 0.25) is 11.8 Å². The summed E-state index contributed by atoms with van der Waals surface area (Å²) in [6.45, 7) is 1.94. The average Bonchev–Trinajstić information content (AvgIpc) is 2.38. The summed E-state index contributed by atoms with van der Waals surface area (Å²) in [6.07, 6.45) is 0. The number of methoxy groups -OCH3 is 1. The van der Waals surface area contributed by atoms with Gasteiger partial charge in [-0.25, -0.2) is 4.39 Å². The standard InChI is InChI=1S/C13H15FN4O/c1-8(9-3-5-10(14)6-4-9)16-11-7-12(19-2)18-13(15)17-11/h3-8H,1-2H3,(H3,15,16,17,18). The van der Waals surface area contributed by atoms with Crippen molar-refractivity contribution in [1.82, 2.24) is 9.97 Å². The van der Waals surface area contributed by atoms with Crippen LogP contribution in [0.25, 0.3) is 0 Å². The Morgan fingerprint density at radius 3 is 2.58 bits per heavy atom. The van der Waals surface area contributed by atoms with Crippen molar-refractivity contribution in [1.29, 1.82) is 0 Å². The Hall–Kier alpha value is -2.37. The van der Waals surface area contributed by atoms with Gasteiger partial charge in [0, 0.05) is 12.1 Å². The first-order valence-electron chi connectivity index (χ1n) is 5.79. The highest BCUT2D eigenvalue weighted by atomic mass is 19.1. The molecule has 1 aromatic carbocycles. The highest BCUT2D eigenvalue weighted by Gasteiger charge is 2.08. The number of rotatable bonds is 4. The first-order valence-corrected chi connectivity index (χ1v) is 5.79. The Bertz CT molecular complexity index is 559. The van der Waals surface area contributed by atoms with E-state index in [1.165, 1.54) is 19.2 Å². The van der Waals surface area contributed by atoms with Gasteiger partial charge in [0.1, 0.15) is 11.6 Å². The van der Waals surface area contributed by atoms with Crippen molar-refractivity contribution in [3.8, 4) is 5.88 Å². The lowest BCUT2D eigenvalue weighted by molar-refractivity contribution is 0.398. The maximum absolute atomic E-state index is 12.9. The van der Waals surface area contributed by atoms with E-state index in [0.717, 1.165) is 5.56 Å². The zero-order valence-corrected chi connectivity index (χ0v) is 10.7.